The highest BCUT2D eigenvalue weighted by Gasteiger charge is 2.02. The second-order valence-electron chi connectivity index (χ2n) is 4.26. The second kappa shape index (κ2) is 5.28. The zero-order chi connectivity index (χ0) is 12.3. The second-order valence-corrected chi connectivity index (χ2v) is 5.27. The predicted octanol–water partition coefficient (Wildman–Crippen LogP) is 4.18. The summed E-state index contributed by atoms with van der Waals surface area (Å²) in [5.41, 5.74) is 10.8. The Bertz CT molecular complexity index is 520. The van der Waals surface area contributed by atoms with E-state index in [4.69, 9.17) is 5.73 Å². The van der Waals surface area contributed by atoms with Crippen LogP contribution in [0.5, 0.6) is 0 Å². The Labute approximate surface area is 107 Å². The van der Waals surface area contributed by atoms with Crippen LogP contribution in [-0.2, 0) is 5.75 Å². The highest BCUT2D eigenvalue weighted by Crippen LogP contribution is 2.28. The Morgan fingerprint density at radius 2 is 1.82 bits per heavy atom. The predicted molar refractivity (Wildman–Crippen MR) is 76.3 cm³/mol. The highest BCUT2D eigenvalue weighted by atomic mass is 32.2. The van der Waals surface area contributed by atoms with Gasteiger partial charge in [0.15, 0.2) is 0 Å². The van der Waals surface area contributed by atoms with Crippen LogP contribution < -0.4 is 5.73 Å². The van der Waals surface area contributed by atoms with E-state index >= 15 is 0 Å². The molecule has 0 spiro atoms. The van der Waals surface area contributed by atoms with E-state index in [-0.39, 0.29) is 0 Å². The van der Waals surface area contributed by atoms with Crippen LogP contribution in [-0.4, -0.2) is 0 Å². The van der Waals surface area contributed by atoms with E-state index < -0.39 is 0 Å². The maximum atomic E-state index is 5.93. The van der Waals surface area contributed by atoms with Crippen molar-refractivity contribution in [2.45, 2.75) is 24.5 Å². The van der Waals surface area contributed by atoms with Gasteiger partial charge in [-0.1, -0.05) is 35.9 Å². The molecule has 0 radical (unpaired) electrons. The fourth-order valence-corrected chi connectivity index (χ4v) is 2.75. The SMILES string of the molecule is Cc1ccc(C)c(CSc2ccccc2N)c1. The van der Waals surface area contributed by atoms with Crippen molar-refractivity contribution in [3.63, 3.8) is 0 Å². The molecule has 2 heteroatoms. The van der Waals surface area contributed by atoms with Crippen LogP contribution in [0.15, 0.2) is 47.4 Å². The van der Waals surface area contributed by atoms with Gasteiger partial charge in [0.05, 0.1) is 0 Å². The van der Waals surface area contributed by atoms with Gasteiger partial charge in [-0.3, -0.25) is 0 Å². The van der Waals surface area contributed by atoms with E-state index in [1.807, 2.05) is 18.2 Å². The number of hydrogen-bond donors (Lipinski definition) is 1. The van der Waals surface area contributed by atoms with Gasteiger partial charge >= 0.3 is 0 Å². The number of rotatable bonds is 3. The van der Waals surface area contributed by atoms with E-state index in [0.717, 1.165) is 16.3 Å². The molecule has 0 atom stereocenters. The Morgan fingerprint density at radius 1 is 1.06 bits per heavy atom. The van der Waals surface area contributed by atoms with Gasteiger partial charge < -0.3 is 5.73 Å². The molecule has 88 valence electrons. The molecule has 1 nitrogen and oxygen atoms in total. The van der Waals surface area contributed by atoms with Gasteiger partial charge in [-0.25, -0.2) is 0 Å². The van der Waals surface area contributed by atoms with Gasteiger partial charge in [-0.15, -0.1) is 11.8 Å². The molecule has 0 saturated heterocycles. The smallest absolute Gasteiger partial charge is 0.0452 e. The van der Waals surface area contributed by atoms with Crippen LogP contribution in [0.1, 0.15) is 16.7 Å². The van der Waals surface area contributed by atoms with Crippen LogP contribution >= 0.6 is 11.8 Å². The van der Waals surface area contributed by atoms with Crippen molar-refractivity contribution in [2.24, 2.45) is 0 Å². The summed E-state index contributed by atoms with van der Waals surface area (Å²) in [6.45, 7) is 4.29. The summed E-state index contributed by atoms with van der Waals surface area (Å²) in [5, 5.41) is 0. The Morgan fingerprint density at radius 3 is 2.59 bits per heavy atom. The molecule has 0 heterocycles. The zero-order valence-corrected chi connectivity index (χ0v) is 11.1. The van der Waals surface area contributed by atoms with Crippen molar-refractivity contribution in [3.05, 3.63) is 59.2 Å². The van der Waals surface area contributed by atoms with Crippen molar-refractivity contribution in [1.29, 1.82) is 0 Å². The number of hydrogen-bond acceptors (Lipinski definition) is 2. The summed E-state index contributed by atoms with van der Waals surface area (Å²) in [5.74, 6) is 0.974. The first-order valence-corrected chi connectivity index (χ1v) is 6.69. The maximum absolute atomic E-state index is 5.93. The summed E-state index contributed by atoms with van der Waals surface area (Å²) in [4.78, 5) is 1.16. The molecule has 0 saturated carbocycles. The number of thioether (sulfide) groups is 1. The summed E-state index contributed by atoms with van der Waals surface area (Å²) in [7, 11) is 0. The third kappa shape index (κ3) is 3.04. The number of benzene rings is 2. The van der Waals surface area contributed by atoms with E-state index in [1.165, 1.54) is 16.7 Å². The van der Waals surface area contributed by atoms with E-state index in [1.54, 1.807) is 11.8 Å². The number of nitrogens with two attached hydrogens (primary N) is 1. The third-order valence-electron chi connectivity index (χ3n) is 2.81. The molecule has 0 aliphatic carbocycles. The average Bonchev–Trinajstić information content (AvgIpc) is 2.32. The van der Waals surface area contributed by atoms with Crippen molar-refractivity contribution in [1.82, 2.24) is 0 Å². The van der Waals surface area contributed by atoms with Gasteiger partial charge in [0.25, 0.3) is 0 Å². The fraction of sp³-hybridized carbons (Fsp3) is 0.200. The van der Waals surface area contributed by atoms with Crippen LogP contribution in [0.4, 0.5) is 5.69 Å². The molecule has 2 rings (SSSR count). The first-order valence-electron chi connectivity index (χ1n) is 5.70. The van der Waals surface area contributed by atoms with Crippen molar-refractivity contribution < 1.29 is 0 Å². The lowest BCUT2D eigenvalue weighted by atomic mass is 10.1. The molecule has 0 bridgehead atoms. The largest absolute Gasteiger partial charge is 0.398 e. The Kier molecular flexibility index (Phi) is 3.75. The minimum absolute atomic E-state index is 0.864. The first-order chi connectivity index (χ1) is 8.16. The van der Waals surface area contributed by atoms with Crippen LogP contribution in [0.2, 0.25) is 0 Å². The first kappa shape index (κ1) is 12.1. The van der Waals surface area contributed by atoms with Crippen molar-refractivity contribution >= 4 is 17.4 Å². The van der Waals surface area contributed by atoms with Crippen LogP contribution in [0, 0.1) is 13.8 Å². The summed E-state index contributed by atoms with van der Waals surface area (Å²) < 4.78 is 0. The lowest BCUT2D eigenvalue weighted by Crippen LogP contribution is -1.90. The maximum Gasteiger partial charge on any atom is 0.0452 e. The molecule has 2 aromatic rings. The summed E-state index contributed by atoms with van der Waals surface area (Å²) in [6.07, 6.45) is 0. The molecular weight excluding hydrogens is 226 g/mol. The van der Waals surface area contributed by atoms with Gasteiger partial charge in [0.2, 0.25) is 0 Å². The summed E-state index contributed by atoms with van der Waals surface area (Å²) in [6, 6.07) is 14.6. The Hall–Kier alpha value is -1.41. The lowest BCUT2D eigenvalue weighted by Gasteiger charge is -2.08. The number of para-hydroxylation sites is 1. The van der Waals surface area contributed by atoms with E-state index in [9.17, 15) is 0 Å². The summed E-state index contributed by atoms with van der Waals surface area (Å²) >= 11 is 1.80. The molecule has 2 N–H and O–H groups in total. The molecule has 0 aliphatic heterocycles. The lowest BCUT2D eigenvalue weighted by molar-refractivity contribution is 1.27. The third-order valence-corrected chi connectivity index (χ3v) is 3.94. The van der Waals surface area contributed by atoms with Crippen LogP contribution in [0.3, 0.4) is 0 Å². The van der Waals surface area contributed by atoms with E-state index in [0.29, 0.717) is 0 Å². The molecular formula is C15H17NS. The van der Waals surface area contributed by atoms with Gasteiger partial charge in [0, 0.05) is 16.3 Å². The van der Waals surface area contributed by atoms with Crippen molar-refractivity contribution in [2.75, 3.05) is 5.73 Å². The monoisotopic (exact) mass is 243 g/mol. The van der Waals surface area contributed by atoms with Gasteiger partial charge in [-0.05, 0) is 37.1 Å². The topological polar surface area (TPSA) is 26.0 Å². The van der Waals surface area contributed by atoms with E-state index in [2.05, 4.69) is 38.1 Å². The normalized spacial score (nSPS) is 10.5. The molecule has 17 heavy (non-hydrogen) atoms. The molecule has 0 aliphatic rings. The molecule has 0 fully saturated rings. The van der Waals surface area contributed by atoms with Gasteiger partial charge in [0.1, 0.15) is 0 Å². The average molecular weight is 243 g/mol. The number of aryl methyl sites for hydroxylation is 2. The standard InChI is InChI=1S/C15H17NS/c1-11-7-8-12(2)13(9-11)10-17-15-6-4-3-5-14(15)16/h3-9H,10,16H2,1-2H3. The molecule has 0 aromatic heterocycles. The van der Waals surface area contributed by atoms with Crippen molar-refractivity contribution in [3.8, 4) is 0 Å². The minimum Gasteiger partial charge on any atom is -0.398 e. The van der Waals surface area contributed by atoms with Gasteiger partial charge in [-0.2, -0.15) is 0 Å². The number of nitrogen functional groups attached to an aromatic ring is 1. The molecule has 0 unspecified atom stereocenters. The number of anilines is 1. The zero-order valence-electron chi connectivity index (χ0n) is 10.2. The fourth-order valence-electron chi connectivity index (χ4n) is 1.72. The van der Waals surface area contributed by atoms with Crippen LogP contribution in [0.25, 0.3) is 0 Å². The quantitative estimate of drug-likeness (QED) is 0.646. The molecule has 2 aromatic carbocycles. The minimum atomic E-state index is 0.864. The molecule has 0 amide bonds. The highest BCUT2D eigenvalue weighted by molar-refractivity contribution is 7.98. The Balaban J connectivity index is 2.12.